The van der Waals surface area contributed by atoms with E-state index in [0.717, 1.165) is 0 Å². The first-order chi connectivity index (χ1) is 11.1. The van der Waals surface area contributed by atoms with E-state index in [0.29, 0.717) is 17.8 Å². The van der Waals surface area contributed by atoms with Crippen LogP contribution in [0, 0.1) is 0 Å². The summed E-state index contributed by atoms with van der Waals surface area (Å²) < 4.78 is 2.46. The molecule has 0 amide bonds. The number of para-hydroxylation sites is 1. The lowest BCUT2D eigenvalue weighted by molar-refractivity contribution is -0.606. The van der Waals surface area contributed by atoms with Crippen LogP contribution in [0.3, 0.4) is 0 Å². The Hall–Kier alpha value is -1.57. The topological polar surface area (TPSA) is 19.7 Å². The van der Waals surface area contributed by atoms with Gasteiger partial charge in [-0.15, -0.1) is 0 Å². The van der Waals surface area contributed by atoms with Crippen molar-refractivity contribution in [3.8, 4) is 5.69 Å². The minimum Gasteiger partial charge on any atom is -0.247 e. The Kier molecular flexibility index (Phi) is 4.89. The second-order valence-electron chi connectivity index (χ2n) is 7.64. The van der Waals surface area contributed by atoms with Crippen molar-refractivity contribution in [1.29, 1.82) is 0 Å². The molecule has 1 aliphatic carbocycles. The quantitative estimate of drug-likeness (QED) is 0.711. The van der Waals surface area contributed by atoms with Crippen molar-refractivity contribution in [3.63, 3.8) is 0 Å². The van der Waals surface area contributed by atoms with E-state index in [2.05, 4.69) is 67.8 Å². The van der Waals surface area contributed by atoms with Gasteiger partial charge in [-0.2, -0.15) is 4.57 Å². The third-order valence-electron chi connectivity index (χ3n) is 5.29. The Labute approximate surface area is 141 Å². The van der Waals surface area contributed by atoms with Gasteiger partial charge in [0.25, 0.3) is 5.82 Å². The first kappa shape index (κ1) is 16.3. The lowest BCUT2D eigenvalue weighted by atomic mass is 9.88. The molecular formula is C21H31N2+. The standard InChI is InChI=1S/C21H30N2/c1-15(2)18-11-8-12-19(16(3)4)20(18)23-14-13-22-21(23)17-9-6-5-7-10-17/h8,11-17H,5-7,9-10H2,1-4H3/p+1. The highest BCUT2D eigenvalue weighted by Crippen LogP contribution is 2.33. The first-order valence-corrected chi connectivity index (χ1v) is 9.31. The normalized spacial score (nSPS) is 16.4. The van der Waals surface area contributed by atoms with Crippen molar-refractivity contribution in [1.82, 2.24) is 4.98 Å². The Bertz CT molecular complexity index is 619. The number of hydrogen-bond donors (Lipinski definition) is 1. The highest BCUT2D eigenvalue weighted by atomic mass is 15.1. The maximum absolute atomic E-state index is 3.57. The molecule has 0 spiro atoms. The fourth-order valence-corrected chi connectivity index (χ4v) is 4.02. The van der Waals surface area contributed by atoms with E-state index < -0.39 is 0 Å². The van der Waals surface area contributed by atoms with Crippen LogP contribution in [-0.2, 0) is 0 Å². The average molecular weight is 311 g/mol. The highest BCUT2D eigenvalue weighted by molar-refractivity contribution is 5.45. The molecule has 1 saturated carbocycles. The van der Waals surface area contributed by atoms with E-state index in [1.165, 1.54) is 54.7 Å². The molecule has 0 unspecified atom stereocenters. The molecule has 124 valence electrons. The lowest BCUT2D eigenvalue weighted by Gasteiger charge is -2.21. The van der Waals surface area contributed by atoms with Crippen LogP contribution in [0.1, 0.15) is 94.5 Å². The largest absolute Gasteiger partial charge is 0.262 e. The van der Waals surface area contributed by atoms with Gasteiger partial charge in [0.2, 0.25) is 0 Å². The zero-order valence-corrected chi connectivity index (χ0v) is 15.1. The summed E-state index contributed by atoms with van der Waals surface area (Å²) >= 11 is 0. The molecule has 1 N–H and O–H groups in total. The first-order valence-electron chi connectivity index (χ1n) is 9.31. The molecule has 2 heteroatoms. The number of nitrogens with zero attached hydrogens (tertiary/aromatic N) is 1. The van der Waals surface area contributed by atoms with Gasteiger partial charge in [-0.25, -0.2) is 4.98 Å². The van der Waals surface area contributed by atoms with Gasteiger partial charge >= 0.3 is 0 Å². The van der Waals surface area contributed by atoms with Gasteiger partial charge in [0.1, 0.15) is 18.1 Å². The van der Waals surface area contributed by atoms with Crippen molar-refractivity contribution >= 4 is 0 Å². The zero-order chi connectivity index (χ0) is 16.4. The van der Waals surface area contributed by atoms with Crippen LogP contribution >= 0.6 is 0 Å². The number of aromatic nitrogens is 2. The molecule has 2 nitrogen and oxygen atoms in total. The molecule has 2 aromatic rings. The van der Waals surface area contributed by atoms with Crippen LogP contribution in [0.4, 0.5) is 0 Å². The van der Waals surface area contributed by atoms with Gasteiger partial charge in [-0.1, -0.05) is 65.2 Å². The van der Waals surface area contributed by atoms with E-state index in [-0.39, 0.29) is 0 Å². The van der Waals surface area contributed by atoms with E-state index >= 15 is 0 Å². The average Bonchev–Trinajstić information content (AvgIpc) is 3.04. The van der Waals surface area contributed by atoms with Crippen molar-refractivity contribution in [2.24, 2.45) is 0 Å². The Morgan fingerprint density at radius 1 is 0.957 bits per heavy atom. The van der Waals surface area contributed by atoms with Gasteiger partial charge in [0.15, 0.2) is 0 Å². The number of aromatic amines is 1. The molecule has 1 fully saturated rings. The zero-order valence-electron chi connectivity index (χ0n) is 15.1. The van der Waals surface area contributed by atoms with Crippen molar-refractivity contribution in [2.75, 3.05) is 0 Å². The van der Waals surface area contributed by atoms with Crippen LogP contribution in [0.25, 0.3) is 5.69 Å². The Morgan fingerprint density at radius 2 is 1.57 bits per heavy atom. The van der Waals surface area contributed by atoms with E-state index in [1.807, 2.05) is 0 Å². The van der Waals surface area contributed by atoms with Gasteiger partial charge in [0.05, 0.1) is 5.92 Å². The minimum absolute atomic E-state index is 0.533. The summed E-state index contributed by atoms with van der Waals surface area (Å²) in [4.78, 5) is 3.57. The molecule has 0 radical (unpaired) electrons. The number of benzene rings is 1. The molecule has 0 saturated heterocycles. The molecule has 3 rings (SSSR count). The molecule has 1 aromatic heterocycles. The number of nitrogens with one attached hydrogen (secondary N) is 1. The summed E-state index contributed by atoms with van der Waals surface area (Å²) in [6.07, 6.45) is 11.1. The molecule has 1 aromatic carbocycles. The maximum Gasteiger partial charge on any atom is 0.262 e. The number of H-pyrrole nitrogens is 1. The van der Waals surface area contributed by atoms with Crippen LogP contribution < -0.4 is 4.57 Å². The fourth-order valence-electron chi connectivity index (χ4n) is 4.02. The van der Waals surface area contributed by atoms with Crippen LogP contribution in [0.15, 0.2) is 30.6 Å². The molecule has 1 heterocycles. The third-order valence-corrected chi connectivity index (χ3v) is 5.29. The second kappa shape index (κ2) is 6.90. The van der Waals surface area contributed by atoms with Crippen LogP contribution in [-0.4, -0.2) is 4.98 Å². The summed E-state index contributed by atoms with van der Waals surface area (Å²) in [7, 11) is 0. The van der Waals surface area contributed by atoms with Gasteiger partial charge < -0.3 is 0 Å². The van der Waals surface area contributed by atoms with Crippen LogP contribution in [0.5, 0.6) is 0 Å². The maximum atomic E-state index is 3.57. The van der Waals surface area contributed by atoms with Crippen LogP contribution in [0.2, 0.25) is 0 Å². The predicted molar refractivity (Wildman–Crippen MR) is 96.3 cm³/mol. The molecular weight excluding hydrogens is 280 g/mol. The SMILES string of the molecule is CC(C)c1cccc(C(C)C)c1-[n+]1cc[nH]c1C1CCCCC1. The number of rotatable bonds is 4. The summed E-state index contributed by atoms with van der Waals surface area (Å²) in [5.41, 5.74) is 4.33. The molecule has 0 aliphatic heterocycles. The van der Waals surface area contributed by atoms with E-state index in [1.54, 1.807) is 0 Å². The van der Waals surface area contributed by atoms with E-state index in [4.69, 9.17) is 0 Å². The number of imidazole rings is 1. The summed E-state index contributed by atoms with van der Waals surface area (Å²) in [6.45, 7) is 9.21. The molecule has 23 heavy (non-hydrogen) atoms. The molecule has 0 bridgehead atoms. The van der Waals surface area contributed by atoms with E-state index in [9.17, 15) is 0 Å². The van der Waals surface area contributed by atoms with Gasteiger partial charge in [0, 0.05) is 11.1 Å². The third kappa shape index (κ3) is 3.22. The monoisotopic (exact) mass is 311 g/mol. The fraction of sp³-hybridized carbons (Fsp3) is 0.571. The number of hydrogen-bond acceptors (Lipinski definition) is 0. The van der Waals surface area contributed by atoms with Crippen molar-refractivity contribution in [2.45, 2.75) is 77.6 Å². The summed E-state index contributed by atoms with van der Waals surface area (Å²) in [5, 5.41) is 0. The summed E-state index contributed by atoms with van der Waals surface area (Å²) in [5.74, 6) is 3.15. The summed E-state index contributed by atoms with van der Waals surface area (Å²) in [6, 6.07) is 6.83. The minimum atomic E-state index is 0.533. The smallest absolute Gasteiger partial charge is 0.247 e. The van der Waals surface area contributed by atoms with Crippen molar-refractivity contribution < 1.29 is 4.57 Å². The van der Waals surface area contributed by atoms with Gasteiger partial charge in [-0.05, 0) is 24.7 Å². The molecule has 0 atom stereocenters. The highest BCUT2D eigenvalue weighted by Gasteiger charge is 2.29. The lowest BCUT2D eigenvalue weighted by Crippen LogP contribution is -2.38. The van der Waals surface area contributed by atoms with Gasteiger partial charge in [-0.3, -0.25) is 0 Å². The Balaban J connectivity index is 2.13. The Morgan fingerprint density at radius 3 is 2.13 bits per heavy atom. The predicted octanol–water partition coefficient (Wildman–Crippen LogP) is 5.59. The molecule has 1 aliphatic rings. The second-order valence-corrected chi connectivity index (χ2v) is 7.64. The van der Waals surface area contributed by atoms with Crippen molar-refractivity contribution in [3.05, 3.63) is 47.5 Å².